The van der Waals surface area contributed by atoms with E-state index in [1.165, 1.54) is 0 Å². The van der Waals surface area contributed by atoms with Crippen LogP contribution < -0.4 is 18.9 Å². The molecule has 0 unspecified atom stereocenters. The molecule has 0 N–H and O–H groups in total. The summed E-state index contributed by atoms with van der Waals surface area (Å²) in [5.74, 6) is 0. The third-order valence-corrected chi connectivity index (χ3v) is 1.38. The second kappa shape index (κ2) is 4.33. The Labute approximate surface area is 57.9 Å². The van der Waals surface area contributed by atoms with Crippen LogP contribution in [0.1, 0.15) is 0 Å². The molecule has 2 heteroatoms. The van der Waals surface area contributed by atoms with Crippen LogP contribution in [0, 0.1) is 0 Å². The van der Waals surface area contributed by atoms with E-state index in [0.29, 0.717) is 0 Å². The molecule has 1 aromatic rings. The summed E-state index contributed by atoms with van der Waals surface area (Å²) in [5, 5.41) is 0. The van der Waals surface area contributed by atoms with E-state index in [-0.39, 0.29) is 18.9 Å². The molecule has 1 aromatic heterocycles. The van der Waals surface area contributed by atoms with E-state index < -0.39 is 0 Å². The van der Waals surface area contributed by atoms with Gasteiger partial charge in [0.2, 0.25) is 0 Å². The van der Waals surface area contributed by atoms with E-state index in [2.05, 4.69) is 23.5 Å². The first-order valence-corrected chi connectivity index (χ1v) is 3.07. The Morgan fingerprint density at radius 3 is 1.57 bits per heavy atom. The van der Waals surface area contributed by atoms with E-state index in [0.717, 1.165) is 9.12 Å². The normalized spacial score (nSPS) is 6.86. The number of hydrogen-bond acceptors (Lipinski definition) is 0. The van der Waals surface area contributed by atoms with Crippen molar-refractivity contribution in [2.45, 2.75) is 0 Å². The Balaban J connectivity index is 0.000000360. The molecule has 0 aliphatic carbocycles. The first-order chi connectivity index (χ1) is 3.00. The van der Waals surface area contributed by atoms with Crippen LogP contribution >= 0.6 is 0 Å². The maximum atomic E-state index is 2.15. The van der Waals surface area contributed by atoms with Crippen molar-refractivity contribution in [3.05, 3.63) is 29.6 Å². The molecule has 0 aliphatic heterocycles. The van der Waals surface area contributed by atoms with Gasteiger partial charge in [-0.3, -0.25) is 11.4 Å². The molecule has 0 aromatic carbocycles. The maximum Gasteiger partial charge on any atom is 1.00 e. The first kappa shape index (κ1) is 7.16. The molecule has 0 radical (unpaired) electrons. The standard InChI is InChI=1S/C5H5Si.Li/c1-2-4-6-5-3-1;/h1-5H;/q-1;+1. The van der Waals surface area contributed by atoms with Crippen molar-refractivity contribution in [1.82, 2.24) is 0 Å². The quantitative estimate of drug-likeness (QED) is 0.332. The number of rotatable bonds is 0. The molecular weight excluding hydrogens is 95.1 g/mol. The van der Waals surface area contributed by atoms with Crippen LogP contribution in [0.25, 0.3) is 0 Å². The molecule has 0 amide bonds. The van der Waals surface area contributed by atoms with Gasteiger partial charge in [0.25, 0.3) is 0 Å². The molecular formula is C5H5LiSi. The fourth-order valence-electron chi connectivity index (χ4n) is 0.342. The van der Waals surface area contributed by atoms with E-state index in [4.69, 9.17) is 0 Å². The van der Waals surface area contributed by atoms with Crippen LogP contribution in [0.2, 0.25) is 0 Å². The Kier molecular flexibility index (Phi) is 4.43. The fraction of sp³-hybridized carbons (Fsp3) is 0. The van der Waals surface area contributed by atoms with Crippen LogP contribution in [0.5, 0.6) is 0 Å². The molecule has 0 aliphatic rings. The van der Waals surface area contributed by atoms with Gasteiger partial charge in [-0.05, 0) is 0 Å². The smallest absolute Gasteiger partial charge is 0.416 e. The zero-order chi connectivity index (χ0) is 4.24. The molecule has 30 valence electrons. The van der Waals surface area contributed by atoms with Crippen LogP contribution in [-0.2, 0) is 0 Å². The van der Waals surface area contributed by atoms with Gasteiger partial charge in [0.1, 0.15) is 0 Å². The minimum atomic E-state index is 0. The Hall–Kier alpha value is 0.164. The summed E-state index contributed by atoms with van der Waals surface area (Å²) in [4.78, 5) is 0. The molecule has 0 atom stereocenters. The molecule has 0 fully saturated rings. The van der Waals surface area contributed by atoms with Gasteiger partial charge in [-0.25, -0.2) is 0 Å². The minimum absolute atomic E-state index is 0. The first-order valence-electron chi connectivity index (χ1n) is 1.91. The fourth-order valence-corrected chi connectivity index (χ4v) is 0.897. The van der Waals surface area contributed by atoms with Crippen molar-refractivity contribution >= 4 is 9.12 Å². The Bertz CT molecular complexity index is 80.0. The zero-order valence-corrected chi connectivity index (χ0v) is 5.39. The third kappa shape index (κ3) is 2.81. The molecule has 1 rings (SSSR count). The van der Waals surface area contributed by atoms with Gasteiger partial charge in [0.05, 0.1) is 0 Å². The van der Waals surface area contributed by atoms with Crippen molar-refractivity contribution in [3.8, 4) is 0 Å². The van der Waals surface area contributed by atoms with Gasteiger partial charge in [-0.2, -0.15) is 0 Å². The summed E-state index contributed by atoms with van der Waals surface area (Å²) in [6.45, 7) is 0. The molecule has 0 bridgehead atoms. The van der Waals surface area contributed by atoms with Crippen molar-refractivity contribution in [1.29, 1.82) is 0 Å². The molecule has 0 spiro atoms. The summed E-state index contributed by atoms with van der Waals surface area (Å²) in [7, 11) is 0.909. The summed E-state index contributed by atoms with van der Waals surface area (Å²) < 4.78 is 0. The van der Waals surface area contributed by atoms with E-state index in [1.807, 2.05) is 6.07 Å². The maximum absolute atomic E-state index is 2.15. The molecule has 0 saturated carbocycles. The summed E-state index contributed by atoms with van der Waals surface area (Å²) in [6.07, 6.45) is 0. The van der Waals surface area contributed by atoms with Gasteiger partial charge in [-0.1, -0.05) is 6.07 Å². The predicted octanol–water partition coefficient (Wildman–Crippen LogP) is -1.97. The van der Waals surface area contributed by atoms with Crippen molar-refractivity contribution in [2.24, 2.45) is 0 Å². The van der Waals surface area contributed by atoms with E-state index in [1.54, 1.807) is 0 Å². The largest absolute Gasteiger partial charge is 1.00 e. The van der Waals surface area contributed by atoms with Gasteiger partial charge < -0.3 is 9.12 Å². The topological polar surface area (TPSA) is 0 Å². The van der Waals surface area contributed by atoms with Crippen molar-refractivity contribution < 1.29 is 18.9 Å². The predicted molar refractivity (Wildman–Crippen MR) is 27.8 cm³/mol. The van der Waals surface area contributed by atoms with Gasteiger partial charge in [-0.15, -0.1) is 12.1 Å². The minimum Gasteiger partial charge on any atom is -0.416 e. The van der Waals surface area contributed by atoms with E-state index >= 15 is 0 Å². The molecule has 0 nitrogen and oxygen atoms in total. The van der Waals surface area contributed by atoms with Crippen LogP contribution in [0.3, 0.4) is 0 Å². The van der Waals surface area contributed by atoms with Crippen LogP contribution in [-0.4, -0.2) is 9.12 Å². The van der Waals surface area contributed by atoms with E-state index in [9.17, 15) is 0 Å². The van der Waals surface area contributed by atoms with Crippen molar-refractivity contribution in [2.75, 3.05) is 0 Å². The van der Waals surface area contributed by atoms with Gasteiger partial charge in [0.15, 0.2) is 0 Å². The second-order valence-electron chi connectivity index (χ2n) is 1.08. The average Bonchev–Trinajstić information content (AvgIpc) is 1.72. The summed E-state index contributed by atoms with van der Waals surface area (Å²) in [6, 6.07) is 6.17. The van der Waals surface area contributed by atoms with Crippen LogP contribution in [0.15, 0.2) is 29.6 Å². The molecule has 0 saturated heterocycles. The molecule has 1 heterocycles. The Morgan fingerprint density at radius 1 is 0.857 bits per heavy atom. The van der Waals surface area contributed by atoms with Crippen LogP contribution in [0.4, 0.5) is 0 Å². The van der Waals surface area contributed by atoms with Gasteiger partial charge >= 0.3 is 18.9 Å². The zero-order valence-electron chi connectivity index (χ0n) is 4.39. The SMILES string of the molecule is [Li+].c1cc[si-]cc1. The number of hydrogen-bond donors (Lipinski definition) is 0. The molecule has 7 heavy (non-hydrogen) atoms. The monoisotopic (exact) mass is 100 g/mol. The van der Waals surface area contributed by atoms with Crippen molar-refractivity contribution in [3.63, 3.8) is 0 Å². The second-order valence-corrected chi connectivity index (χ2v) is 2.08. The Morgan fingerprint density at radius 2 is 1.43 bits per heavy atom. The van der Waals surface area contributed by atoms with Gasteiger partial charge in [0, 0.05) is 0 Å². The summed E-state index contributed by atoms with van der Waals surface area (Å²) in [5.41, 5.74) is 4.31. The third-order valence-electron chi connectivity index (χ3n) is 0.607. The summed E-state index contributed by atoms with van der Waals surface area (Å²) >= 11 is 0. The average molecular weight is 100 g/mol.